The summed E-state index contributed by atoms with van der Waals surface area (Å²) in [6.45, 7) is 3.73. The number of rotatable bonds is 13. The quantitative estimate of drug-likeness (QED) is 0.202. The van der Waals surface area contributed by atoms with E-state index in [1.807, 2.05) is 32.1 Å². The Morgan fingerprint density at radius 3 is 2.69 bits per heavy atom. The number of esters is 1. The summed E-state index contributed by atoms with van der Waals surface area (Å²) in [5, 5.41) is 10.4. The molecule has 35 heavy (non-hydrogen) atoms. The number of allylic oxidation sites excluding steroid dienone is 3. The first-order valence-corrected chi connectivity index (χ1v) is 12.1. The topological polar surface area (TPSA) is 65.0 Å². The zero-order valence-electron chi connectivity index (χ0n) is 20.7. The first-order valence-electron chi connectivity index (χ1n) is 12.1. The fourth-order valence-corrected chi connectivity index (χ4v) is 4.11. The van der Waals surface area contributed by atoms with Gasteiger partial charge in [-0.3, -0.25) is 4.79 Å². The molecule has 0 radical (unpaired) electrons. The fraction of sp³-hybridized carbons (Fsp3) is 0.593. The second-order valence-electron chi connectivity index (χ2n) is 9.11. The van der Waals surface area contributed by atoms with Crippen molar-refractivity contribution in [3.05, 3.63) is 54.1 Å². The van der Waals surface area contributed by atoms with E-state index in [1.54, 1.807) is 0 Å². The van der Waals surface area contributed by atoms with Crippen molar-refractivity contribution in [1.29, 1.82) is 0 Å². The maximum atomic E-state index is 12.9. The molecule has 0 heterocycles. The third kappa shape index (κ3) is 10.4. The highest BCUT2D eigenvalue weighted by Gasteiger charge is 2.32. The van der Waals surface area contributed by atoms with Crippen molar-refractivity contribution in [2.24, 2.45) is 11.8 Å². The molecule has 2 rings (SSSR count). The molecular formula is C27H37F3O5. The van der Waals surface area contributed by atoms with E-state index in [2.05, 4.69) is 6.08 Å². The van der Waals surface area contributed by atoms with Crippen LogP contribution in [0.15, 0.2) is 48.6 Å². The summed E-state index contributed by atoms with van der Waals surface area (Å²) in [6.07, 6.45) is 6.79. The van der Waals surface area contributed by atoms with Crippen LogP contribution >= 0.6 is 0 Å². The number of aliphatic hydroxyl groups is 1. The van der Waals surface area contributed by atoms with E-state index in [0.717, 1.165) is 37.8 Å². The van der Waals surface area contributed by atoms with Gasteiger partial charge in [0.2, 0.25) is 0 Å². The van der Waals surface area contributed by atoms with Gasteiger partial charge in [0, 0.05) is 13.5 Å². The Bertz CT molecular complexity index is 834. The number of alkyl halides is 3. The molecule has 196 valence electrons. The Labute approximate surface area is 206 Å². The summed E-state index contributed by atoms with van der Waals surface area (Å²) >= 11 is 0. The van der Waals surface area contributed by atoms with Crippen LogP contribution in [0.2, 0.25) is 0 Å². The molecule has 0 amide bonds. The third-order valence-electron chi connectivity index (χ3n) is 5.99. The lowest BCUT2D eigenvalue weighted by Crippen LogP contribution is -2.20. The van der Waals surface area contributed by atoms with Crippen molar-refractivity contribution in [3.8, 4) is 5.75 Å². The molecule has 0 unspecified atom stereocenters. The number of aliphatic hydroxyl groups excluding tert-OH is 1. The van der Waals surface area contributed by atoms with Gasteiger partial charge in [-0.15, -0.1) is 0 Å². The van der Waals surface area contributed by atoms with E-state index in [1.165, 1.54) is 19.2 Å². The van der Waals surface area contributed by atoms with Gasteiger partial charge in [0.1, 0.15) is 18.5 Å². The maximum Gasteiger partial charge on any atom is 0.416 e. The first kappa shape index (κ1) is 28.9. The summed E-state index contributed by atoms with van der Waals surface area (Å²) in [5.41, 5.74) is -0.758. The molecule has 1 fully saturated rings. The van der Waals surface area contributed by atoms with Crippen LogP contribution in [0.1, 0.15) is 57.9 Å². The number of carbonyl (C=O) groups is 1. The minimum atomic E-state index is -4.42. The van der Waals surface area contributed by atoms with Crippen LogP contribution in [0.3, 0.4) is 0 Å². The van der Waals surface area contributed by atoms with E-state index >= 15 is 0 Å². The average Bonchev–Trinajstić information content (AvgIpc) is 3.14. The highest BCUT2D eigenvalue weighted by atomic mass is 19.4. The van der Waals surface area contributed by atoms with E-state index in [-0.39, 0.29) is 36.3 Å². The molecule has 8 heteroatoms. The lowest BCUT2D eigenvalue weighted by atomic mass is 9.90. The van der Waals surface area contributed by atoms with E-state index < -0.39 is 23.9 Å². The Hall–Kier alpha value is -2.32. The molecule has 0 spiro atoms. The number of halogens is 3. The van der Waals surface area contributed by atoms with Gasteiger partial charge in [0.05, 0.1) is 17.8 Å². The predicted molar refractivity (Wildman–Crippen MR) is 128 cm³/mol. The second kappa shape index (κ2) is 14.3. The first-order chi connectivity index (χ1) is 16.6. The zero-order valence-corrected chi connectivity index (χ0v) is 20.7. The molecule has 5 nitrogen and oxygen atoms in total. The molecule has 1 N–H and O–H groups in total. The van der Waals surface area contributed by atoms with Crippen molar-refractivity contribution in [2.45, 2.75) is 76.9 Å². The van der Waals surface area contributed by atoms with Gasteiger partial charge in [-0.25, -0.2) is 0 Å². The minimum absolute atomic E-state index is 0.0768. The summed E-state index contributed by atoms with van der Waals surface area (Å²) in [5.74, 6) is 0.193. The number of benzene rings is 1. The van der Waals surface area contributed by atoms with E-state index in [4.69, 9.17) is 14.2 Å². The number of methoxy groups -OCH3 is 1. The molecule has 1 aromatic rings. The molecular weight excluding hydrogens is 461 g/mol. The van der Waals surface area contributed by atoms with Gasteiger partial charge in [-0.05, 0) is 76.0 Å². The number of hydrogen-bond acceptors (Lipinski definition) is 5. The molecule has 1 saturated carbocycles. The van der Waals surface area contributed by atoms with Crippen LogP contribution in [0.5, 0.6) is 5.75 Å². The number of hydrogen-bond donors (Lipinski definition) is 1. The van der Waals surface area contributed by atoms with Crippen LogP contribution in [-0.2, 0) is 20.4 Å². The number of carbonyl (C=O) groups excluding carboxylic acids is 1. The largest absolute Gasteiger partial charge is 0.491 e. The predicted octanol–water partition coefficient (Wildman–Crippen LogP) is 6.11. The molecule has 1 aliphatic carbocycles. The van der Waals surface area contributed by atoms with Crippen LogP contribution in [0.4, 0.5) is 13.2 Å². The van der Waals surface area contributed by atoms with Gasteiger partial charge in [-0.2, -0.15) is 13.2 Å². The number of unbranched alkanes of at least 4 members (excludes halogenated alkanes) is 1. The Kier molecular flexibility index (Phi) is 11.8. The minimum Gasteiger partial charge on any atom is -0.491 e. The monoisotopic (exact) mass is 498 g/mol. The zero-order chi connectivity index (χ0) is 25.8. The average molecular weight is 499 g/mol. The van der Waals surface area contributed by atoms with Crippen molar-refractivity contribution < 1.29 is 37.3 Å². The summed E-state index contributed by atoms with van der Waals surface area (Å²) < 4.78 is 54.7. The number of ether oxygens (including phenoxy) is 3. The van der Waals surface area contributed by atoms with E-state index in [0.29, 0.717) is 12.8 Å². The molecule has 1 aliphatic rings. The van der Waals surface area contributed by atoms with Gasteiger partial charge in [0.15, 0.2) is 0 Å². The van der Waals surface area contributed by atoms with Gasteiger partial charge in [-0.1, -0.05) is 30.4 Å². The van der Waals surface area contributed by atoms with Gasteiger partial charge in [0.25, 0.3) is 0 Å². The van der Waals surface area contributed by atoms with Crippen LogP contribution < -0.4 is 4.74 Å². The highest BCUT2D eigenvalue weighted by molar-refractivity contribution is 5.69. The summed E-state index contributed by atoms with van der Waals surface area (Å²) in [7, 11) is 1.52. The Morgan fingerprint density at radius 2 is 2.00 bits per heavy atom. The Morgan fingerprint density at radius 1 is 1.23 bits per heavy atom. The lowest BCUT2D eigenvalue weighted by molar-refractivity contribution is -0.147. The lowest BCUT2D eigenvalue weighted by Gasteiger charge is -2.19. The molecule has 0 saturated heterocycles. The summed E-state index contributed by atoms with van der Waals surface area (Å²) in [6, 6.07) is 4.76. The van der Waals surface area contributed by atoms with Crippen molar-refractivity contribution >= 4 is 5.97 Å². The Balaban J connectivity index is 1.82. The molecule has 0 aromatic heterocycles. The van der Waals surface area contributed by atoms with Crippen molar-refractivity contribution in [1.82, 2.24) is 0 Å². The molecule has 1 aromatic carbocycles. The van der Waals surface area contributed by atoms with E-state index in [9.17, 15) is 23.1 Å². The summed E-state index contributed by atoms with van der Waals surface area (Å²) in [4.78, 5) is 11.6. The SMILES string of the molecule is CO[C@H](/C=C/[C@H]1CC[C@H](O)[C@@H]1C/C=C\CCCC(=O)OC(C)C)COc1cccc(C(F)(F)F)c1. The standard InChI is InChI=1S/C27H37F3O5/c1-19(2)35-26(32)12-7-5-4-6-11-24-20(14-16-25(24)31)13-15-23(33-3)18-34-22-10-8-9-21(17-22)27(28,29)30/h4,6,8-10,13,15,17,19-20,23-25,31H,5,7,11-12,14,16,18H2,1-3H3/b6-4-,15-13+/t20-,23+,24+,25-/m0/s1. The maximum absolute atomic E-state index is 12.9. The molecule has 0 aliphatic heterocycles. The highest BCUT2D eigenvalue weighted by Crippen LogP contribution is 2.36. The molecule has 0 bridgehead atoms. The van der Waals surface area contributed by atoms with Crippen LogP contribution in [0, 0.1) is 11.8 Å². The molecule has 4 atom stereocenters. The van der Waals surface area contributed by atoms with Crippen molar-refractivity contribution in [2.75, 3.05) is 13.7 Å². The third-order valence-corrected chi connectivity index (χ3v) is 5.99. The second-order valence-corrected chi connectivity index (χ2v) is 9.11. The van der Waals surface area contributed by atoms with Gasteiger partial charge >= 0.3 is 12.1 Å². The fourth-order valence-electron chi connectivity index (χ4n) is 4.11. The normalized spacial score (nSPS) is 21.8. The van der Waals surface area contributed by atoms with Crippen LogP contribution in [-0.4, -0.2) is 43.1 Å². The smallest absolute Gasteiger partial charge is 0.416 e. The van der Waals surface area contributed by atoms with Crippen LogP contribution in [0.25, 0.3) is 0 Å². The van der Waals surface area contributed by atoms with Crippen molar-refractivity contribution in [3.63, 3.8) is 0 Å². The van der Waals surface area contributed by atoms with Gasteiger partial charge < -0.3 is 19.3 Å².